The number of benzene rings is 1. The predicted octanol–water partition coefficient (Wildman–Crippen LogP) is 1.22. The quantitative estimate of drug-likeness (QED) is 0.610. The van der Waals surface area contributed by atoms with E-state index < -0.39 is 31.2 Å². The summed E-state index contributed by atoms with van der Waals surface area (Å²) in [6.07, 6.45) is 1.77. The van der Waals surface area contributed by atoms with E-state index in [4.69, 9.17) is 0 Å². The summed E-state index contributed by atoms with van der Waals surface area (Å²) in [5.41, 5.74) is -0.720. The molecule has 0 atom stereocenters. The van der Waals surface area contributed by atoms with Gasteiger partial charge in [-0.3, -0.25) is 24.5 Å². The number of nitro benzene ring substituents is 2. The molecule has 0 radical (unpaired) electrons. The number of aryl methyl sites for hydroxylation is 1. The third-order valence-electron chi connectivity index (χ3n) is 3.02. The molecule has 0 N–H and O–H groups in total. The zero-order chi connectivity index (χ0) is 15.1. The summed E-state index contributed by atoms with van der Waals surface area (Å²) < 4.78 is 24.4. The maximum atomic E-state index is 11.7. The molecular weight excluding hydrogens is 290 g/mol. The highest BCUT2D eigenvalue weighted by Gasteiger charge is 2.34. The van der Waals surface area contributed by atoms with Gasteiger partial charge in [0.1, 0.15) is 5.69 Å². The minimum Gasteiger partial charge on any atom is -0.263 e. The van der Waals surface area contributed by atoms with Gasteiger partial charge in [-0.1, -0.05) is 0 Å². The van der Waals surface area contributed by atoms with Crippen LogP contribution in [0.5, 0.6) is 0 Å². The lowest BCUT2D eigenvalue weighted by Gasteiger charge is -2.28. The van der Waals surface area contributed by atoms with E-state index in [9.17, 15) is 28.6 Å². The molecule has 0 fully saturated rings. The van der Waals surface area contributed by atoms with Crippen LogP contribution in [0, 0.1) is 20.2 Å². The van der Waals surface area contributed by atoms with Crippen molar-refractivity contribution >= 4 is 27.1 Å². The highest BCUT2D eigenvalue weighted by Crippen LogP contribution is 2.40. The number of hydrogen-bond donors (Lipinski definition) is 0. The van der Waals surface area contributed by atoms with Gasteiger partial charge in [-0.15, -0.1) is 0 Å². The molecule has 0 aromatic heterocycles. The average molecular weight is 301 g/mol. The predicted molar refractivity (Wildman–Crippen MR) is 70.3 cm³/mol. The van der Waals surface area contributed by atoms with E-state index in [2.05, 4.69) is 0 Å². The van der Waals surface area contributed by atoms with Gasteiger partial charge in [-0.2, -0.15) is 0 Å². The van der Waals surface area contributed by atoms with Crippen molar-refractivity contribution in [2.24, 2.45) is 0 Å². The molecule has 0 bridgehead atoms. The Labute approximate surface area is 114 Å². The topological polar surface area (TPSA) is 124 Å². The number of rotatable bonds is 3. The number of nitrogens with zero attached hydrogens (tertiary/aromatic N) is 3. The Morgan fingerprint density at radius 1 is 1.20 bits per heavy atom. The minimum absolute atomic E-state index is 0.0608. The van der Waals surface area contributed by atoms with E-state index in [1.807, 2.05) is 0 Å². The summed E-state index contributed by atoms with van der Waals surface area (Å²) in [6, 6.07) is 1.99. The van der Waals surface area contributed by atoms with E-state index in [-0.39, 0.29) is 12.2 Å². The van der Waals surface area contributed by atoms with Crippen LogP contribution in [0.3, 0.4) is 0 Å². The Bertz CT molecular complexity index is 699. The lowest BCUT2D eigenvalue weighted by molar-refractivity contribution is -0.393. The fourth-order valence-electron chi connectivity index (χ4n) is 2.24. The number of anilines is 1. The molecule has 108 valence electrons. The van der Waals surface area contributed by atoms with Crippen molar-refractivity contribution in [3.05, 3.63) is 37.9 Å². The Morgan fingerprint density at radius 2 is 1.85 bits per heavy atom. The van der Waals surface area contributed by atoms with Gasteiger partial charge in [0.2, 0.25) is 10.0 Å². The summed E-state index contributed by atoms with van der Waals surface area (Å²) in [5.74, 6) is 0. The highest BCUT2D eigenvalue weighted by molar-refractivity contribution is 7.92. The molecule has 0 saturated heterocycles. The first-order chi connectivity index (χ1) is 9.21. The van der Waals surface area contributed by atoms with Crippen molar-refractivity contribution < 1.29 is 18.3 Å². The maximum absolute atomic E-state index is 11.7. The molecule has 1 aliphatic heterocycles. The lowest BCUT2D eigenvalue weighted by Crippen LogP contribution is -2.35. The second kappa shape index (κ2) is 4.71. The molecule has 0 saturated carbocycles. The van der Waals surface area contributed by atoms with Gasteiger partial charge in [-0.25, -0.2) is 8.42 Å². The van der Waals surface area contributed by atoms with Gasteiger partial charge in [0.15, 0.2) is 0 Å². The Balaban J connectivity index is 2.75. The summed E-state index contributed by atoms with van der Waals surface area (Å²) in [5, 5.41) is 21.9. The smallest absolute Gasteiger partial charge is 0.263 e. The maximum Gasteiger partial charge on any atom is 0.300 e. The summed E-state index contributed by atoms with van der Waals surface area (Å²) in [6.45, 7) is 0.129. The largest absolute Gasteiger partial charge is 0.300 e. The zero-order valence-electron chi connectivity index (χ0n) is 10.5. The molecule has 9 nitrogen and oxygen atoms in total. The third kappa shape index (κ3) is 2.41. The molecule has 20 heavy (non-hydrogen) atoms. The van der Waals surface area contributed by atoms with Crippen molar-refractivity contribution in [1.29, 1.82) is 0 Å². The second-order valence-corrected chi connectivity index (χ2v) is 6.33. The lowest BCUT2D eigenvalue weighted by atomic mass is 10.0. The number of nitro groups is 2. The number of hydrogen-bond acceptors (Lipinski definition) is 6. The highest BCUT2D eigenvalue weighted by atomic mass is 32.2. The average Bonchev–Trinajstić information content (AvgIpc) is 2.35. The molecule has 1 aromatic carbocycles. The first-order valence-electron chi connectivity index (χ1n) is 5.65. The first-order valence-corrected chi connectivity index (χ1v) is 7.50. The van der Waals surface area contributed by atoms with Gasteiger partial charge in [0.05, 0.1) is 22.2 Å². The second-order valence-electron chi connectivity index (χ2n) is 4.43. The molecule has 1 aromatic rings. The Morgan fingerprint density at radius 3 is 2.35 bits per heavy atom. The SMILES string of the molecule is CS(=O)(=O)N1CCCc2cc([N+](=O)[O-])cc([N+](=O)[O-])c21. The summed E-state index contributed by atoms with van der Waals surface area (Å²) in [7, 11) is -3.67. The van der Waals surface area contributed by atoms with Crippen LogP contribution >= 0.6 is 0 Å². The molecule has 0 spiro atoms. The Kier molecular flexibility index (Phi) is 3.34. The molecule has 1 aliphatic rings. The van der Waals surface area contributed by atoms with Crippen molar-refractivity contribution in [2.75, 3.05) is 17.1 Å². The minimum atomic E-state index is -3.67. The normalized spacial score (nSPS) is 14.8. The fraction of sp³-hybridized carbons (Fsp3) is 0.400. The van der Waals surface area contributed by atoms with Gasteiger partial charge >= 0.3 is 5.69 Å². The molecular formula is C10H11N3O6S. The van der Waals surface area contributed by atoms with Crippen LogP contribution in [-0.2, 0) is 16.4 Å². The van der Waals surface area contributed by atoms with Crippen LogP contribution in [0.1, 0.15) is 12.0 Å². The van der Waals surface area contributed by atoms with Crippen LogP contribution in [0.4, 0.5) is 17.1 Å². The third-order valence-corrected chi connectivity index (χ3v) is 4.18. The fourth-order valence-corrected chi connectivity index (χ4v) is 3.24. The van der Waals surface area contributed by atoms with Crippen molar-refractivity contribution in [1.82, 2.24) is 0 Å². The number of fused-ring (bicyclic) bond motifs is 1. The molecule has 2 rings (SSSR count). The van der Waals surface area contributed by atoms with Crippen molar-refractivity contribution in [3.63, 3.8) is 0 Å². The molecule has 1 heterocycles. The van der Waals surface area contributed by atoms with Gasteiger partial charge in [0.25, 0.3) is 5.69 Å². The monoisotopic (exact) mass is 301 g/mol. The van der Waals surface area contributed by atoms with Gasteiger partial charge in [-0.05, 0) is 18.4 Å². The van der Waals surface area contributed by atoms with E-state index in [0.717, 1.165) is 16.6 Å². The van der Waals surface area contributed by atoms with Crippen LogP contribution in [0.15, 0.2) is 12.1 Å². The summed E-state index contributed by atoms with van der Waals surface area (Å²) in [4.78, 5) is 20.3. The van der Waals surface area contributed by atoms with Crippen molar-refractivity contribution in [2.45, 2.75) is 12.8 Å². The number of non-ortho nitro benzene ring substituents is 1. The van der Waals surface area contributed by atoms with Crippen LogP contribution in [0.2, 0.25) is 0 Å². The van der Waals surface area contributed by atoms with Gasteiger partial charge < -0.3 is 0 Å². The number of sulfonamides is 1. The molecule has 0 unspecified atom stereocenters. The van der Waals surface area contributed by atoms with E-state index in [1.165, 1.54) is 6.07 Å². The first kappa shape index (κ1) is 14.2. The van der Waals surface area contributed by atoms with E-state index in [1.54, 1.807) is 0 Å². The Hall–Kier alpha value is -2.23. The van der Waals surface area contributed by atoms with E-state index >= 15 is 0 Å². The standard InChI is InChI=1S/C10H11N3O6S/c1-20(18,19)11-4-2-3-7-5-8(12(14)15)6-9(10(7)11)13(16)17/h5-6H,2-4H2,1H3. The van der Waals surface area contributed by atoms with Crippen LogP contribution in [0.25, 0.3) is 0 Å². The zero-order valence-corrected chi connectivity index (χ0v) is 11.3. The molecule has 0 amide bonds. The summed E-state index contributed by atoms with van der Waals surface area (Å²) >= 11 is 0. The van der Waals surface area contributed by atoms with Gasteiger partial charge in [0, 0.05) is 12.6 Å². The molecule has 10 heteroatoms. The molecule has 0 aliphatic carbocycles. The van der Waals surface area contributed by atoms with Crippen LogP contribution in [-0.4, -0.2) is 31.1 Å². The van der Waals surface area contributed by atoms with E-state index in [0.29, 0.717) is 18.4 Å². The van der Waals surface area contributed by atoms with Crippen LogP contribution < -0.4 is 4.31 Å². The van der Waals surface area contributed by atoms with Crippen molar-refractivity contribution in [3.8, 4) is 0 Å².